The number of hydrogen-bond acceptors (Lipinski definition) is 6. The fourth-order valence-electron chi connectivity index (χ4n) is 1.86. The Hall–Kier alpha value is -1.68. The van der Waals surface area contributed by atoms with Crippen molar-refractivity contribution in [2.45, 2.75) is 31.5 Å². The second kappa shape index (κ2) is 6.85. The topological polar surface area (TPSA) is 89.3 Å². The molecule has 1 atom stereocenters. The second-order valence-corrected chi connectivity index (χ2v) is 4.56. The van der Waals surface area contributed by atoms with Crippen LogP contribution in [0.1, 0.15) is 31.2 Å². The van der Waals surface area contributed by atoms with Gasteiger partial charge in [0, 0.05) is 0 Å². The van der Waals surface area contributed by atoms with Crippen LogP contribution in [0, 0.1) is 0 Å². The first-order chi connectivity index (χ1) is 9.94. The van der Waals surface area contributed by atoms with Crippen molar-refractivity contribution in [3.05, 3.63) is 5.89 Å². The van der Waals surface area contributed by atoms with Crippen molar-refractivity contribution in [3.63, 3.8) is 0 Å². The summed E-state index contributed by atoms with van der Waals surface area (Å²) in [7, 11) is 0. The summed E-state index contributed by atoms with van der Waals surface area (Å²) in [5, 5.41) is 12.9. The van der Waals surface area contributed by atoms with Gasteiger partial charge in [0.05, 0.1) is 19.1 Å². The fourth-order valence-corrected chi connectivity index (χ4v) is 1.86. The summed E-state index contributed by atoms with van der Waals surface area (Å²) in [5.41, 5.74) is 0. The fraction of sp³-hybridized carbons (Fsp3) is 0.727. The lowest BCUT2D eigenvalue weighted by atomic mass is 10.2. The van der Waals surface area contributed by atoms with Gasteiger partial charge in [-0.1, -0.05) is 5.10 Å². The van der Waals surface area contributed by atoms with E-state index in [0.717, 1.165) is 19.4 Å². The zero-order valence-electron chi connectivity index (χ0n) is 11.1. The van der Waals surface area contributed by atoms with Gasteiger partial charge in [-0.15, -0.1) is 5.10 Å². The molecule has 0 bridgehead atoms. The monoisotopic (exact) mass is 308 g/mol. The summed E-state index contributed by atoms with van der Waals surface area (Å²) in [6.07, 6.45) is -2.74. The Labute approximate surface area is 118 Å². The average Bonchev–Trinajstić information content (AvgIpc) is 3.03. The molecule has 1 fully saturated rings. The number of nitrogens with zero attached hydrogens (tertiary/aromatic N) is 2. The molecule has 10 heteroatoms. The lowest BCUT2D eigenvalue weighted by Crippen LogP contribution is -2.20. The van der Waals surface area contributed by atoms with E-state index in [2.05, 4.69) is 25.6 Å². The lowest BCUT2D eigenvalue weighted by Gasteiger charge is -2.06. The molecule has 1 unspecified atom stereocenters. The first-order valence-corrected chi connectivity index (χ1v) is 6.45. The van der Waals surface area contributed by atoms with Gasteiger partial charge in [0.2, 0.25) is 11.8 Å². The molecule has 0 aliphatic carbocycles. The molecule has 0 aromatic carbocycles. The molecule has 21 heavy (non-hydrogen) atoms. The van der Waals surface area contributed by atoms with Crippen LogP contribution in [0.15, 0.2) is 4.42 Å². The van der Waals surface area contributed by atoms with Crippen molar-refractivity contribution in [1.29, 1.82) is 0 Å². The van der Waals surface area contributed by atoms with E-state index in [1.807, 2.05) is 0 Å². The van der Waals surface area contributed by atoms with Gasteiger partial charge in [-0.05, 0) is 19.4 Å². The number of anilines is 1. The molecule has 2 heterocycles. The SMILES string of the molecule is O=C(CCOCC(F)(F)F)Nc1nnc(C2CCCN2)o1. The highest BCUT2D eigenvalue weighted by Gasteiger charge is 2.27. The normalized spacial score (nSPS) is 18.9. The zero-order chi connectivity index (χ0) is 15.3. The van der Waals surface area contributed by atoms with Gasteiger partial charge in [0.15, 0.2) is 0 Å². The number of nitrogens with one attached hydrogen (secondary N) is 2. The number of rotatable bonds is 6. The highest BCUT2D eigenvalue weighted by atomic mass is 19.4. The van der Waals surface area contributed by atoms with E-state index in [1.165, 1.54) is 0 Å². The zero-order valence-corrected chi connectivity index (χ0v) is 11.1. The van der Waals surface area contributed by atoms with Gasteiger partial charge >= 0.3 is 12.2 Å². The first-order valence-electron chi connectivity index (χ1n) is 6.45. The van der Waals surface area contributed by atoms with Gasteiger partial charge in [-0.25, -0.2) is 0 Å². The van der Waals surface area contributed by atoms with E-state index in [-0.39, 0.29) is 25.1 Å². The highest BCUT2D eigenvalue weighted by Crippen LogP contribution is 2.22. The molecule has 7 nitrogen and oxygen atoms in total. The number of amides is 1. The van der Waals surface area contributed by atoms with Crippen molar-refractivity contribution >= 4 is 11.9 Å². The van der Waals surface area contributed by atoms with Crippen LogP contribution in [0.4, 0.5) is 19.2 Å². The number of aromatic nitrogens is 2. The van der Waals surface area contributed by atoms with Crippen LogP contribution in [0.3, 0.4) is 0 Å². The van der Waals surface area contributed by atoms with Crippen molar-refractivity contribution in [1.82, 2.24) is 15.5 Å². The molecule has 1 saturated heterocycles. The maximum absolute atomic E-state index is 11.8. The first kappa shape index (κ1) is 15.7. The molecule has 1 amide bonds. The van der Waals surface area contributed by atoms with E-state index < -0.39 is 18.7 Å². The van der Waals surface area contributed by atoms with Gasteiger partial charge in [-0.3, -0.25) is 10.1 Å². The van der Waals surface area contributed by atoms with E-state index in [1.54, 1.807) is 0 Å². The predicted octanol–water partition coefficient (Wildman–Crippen LogP) is 1.40. The Bertz CT molecular complexity index is 472. The summed E-state index contributed by atoms with van der Waals surface area (Å²) >= 11 is 0. The van der Waals surface area contributed by atoms with Gasteiger partial charge < -0.3 is 14.5 Å². The average molecular weight is 308 g/mol. The Morgan fingerprint density at radius 3 is 2.95 bits per heavy atom. The van der Waals surface area contributed by atoms with E-state index in [0.29, 0.717) is 5.89 Å². The number of halogens is 3. The van der Waals surface area contributed by atoms with Crippen LogP contribution in [-0.4, -0.2) is 42.0 Å². The number of carbonyl (C=O) groups excluding carboxylic acids is 1. The largest absolute Gasteiger partial charge is 0.411 e. The van der Waals surface area contributed by atoms with Crippen molar-refractivity contribution in [2.75, 3.05) is 25.1 Å². The summed E-state index contributed by atoms with van der Waals surface area (Å²) < 4.78 is 45.0. The minimum atomic E-state index is -4.40. The minimum Gasteiger partial charge on any atom is -0.406 e. The molecule has 1 aromatic heterocycles. The van der Waals surface area contributed by atoms with E-state index in [9.17, 15) is 18.0 Å². The minimum absolute atomic E-state index is 0.0155. The van der Waals surface area contributed by atoms with Crippen LogP contribution in [0.5, 0.6) is 0 Å². The molecule has 1 aliphatic heterocycles. The second-order valence-electron chi connectivity index (χ2n) is 4.56. The smallest absolute Gasteiger partial charge is 0.406 e. The third-order valence-electron chi connectivity index (χ3n) is 2.78. The number of ether oxygens (including phenoxy) is 1. The van der Waals surface area contributed by atoms with Crippen molar-refractivity contribution < 1.29 is 27.1 Å². The molecule has 2 N–H and O–H groups in total. The number of hydrogen-bond donors (Lipinski definition) is 2. The Kier molecular flexibility index (Phi) is 5.12. The summed E-state index contributed by atoms with van der Waals surface area (Å²) in [6, 6.07) is -0.0854. The Balaban J connectivity index is 1.70. The molecule has 0 saturated carbocycles. The summed E-state index contributed by atoms with van der Waals surface area (Å²) in [4.78, 5) is 11.5. The van der Waals surface area contributed by atoms with Crippen LogP contribution >= 0.6 is 0 Å². The Morgan fingerprint density at radius 1 is 1.48 bits per heavy atom. The summed E-state index contributed by atoms with van der Waals surface area (Å²) in [6.45, 7) is -0.847. The van der Waals surface area contributed by atoms with Gasteiger partial charge in [0.1, 0.15) is 6.61 Å². The standard InChI is InChI=1S/C11H15F3N4O3/c12-11(13,14)6-20-5-3-8(19)16-10-18-17-9(21-10)7-2-1-4-15-7/h7,15H,1-6H2,(H,16,18,19). The molecule has 1 aliphatic rings. The third-order valence-corrected chi connectivity index (χ3v) is 2.78. The quantitative estimate of drug-likeness (QED) is 0.772. The molecule has 1 aromatic rings. The summed E-state index contributed by atoms with van der Waals surface area (Å²) in [5.74, 6) is -0.164. The Morgan fingerprint density at radius 2 is 2.29 bits per heavy atom. The maximum atomic E-state index is 11.8. The molecule has 0 radical (unpaired) electrons. The predicted molar refractivity (Wildman–Crippen MR) is 64.4 cm³/mol. The number of alkyl halides is 3. The highest BCUT2D eigenvalue weighted by molar-refractivity contribution is 5.88. The lowest BCUT2D eigenvalue weighted by molar-refractivity contribution is -0.174. The van der Waals surface area contributed by atoms with E-state index in [4.69, 9.17) is 4.42 Å². The molecule has 0 spiro atoms. The van der Waals surface area contributed by atoms with Crippen molar-refractivity contribution in [2.24, 2.45) is 0 Å². The molecule has 2 rings (SSSR count). The van der Waals surface area contributed by atoms with Gasteiger partial charge in [0.25, 0.3) is 0 Å². The molecular weight excluding hydrogens is 293 g/mol. The van der Waals surface area contributed by atoms with Crippen LogP contribution in [-0.2, 0) is 9.53 Å². The van der Waals surface area contributed by atoms with Crippen molar-refractivity contribution in [3.8, 4) is 0 Å². The molecular formula is C11H15F3N4O3. The van der Waals surface area contributed by atoms with Crippen LogP contribution < -0.4 is 10.6 Å². The van der Waals surface area contributed by atoms with Gasteiger partial charge in [-0.2, -0.15) is 13.2 Å². The molecule has 118 valence electrons. The number of carbonyl (C=O) groups is 1. The van der Waals surface area contributed by atoms with Crippen LogP contribution in [0.25, 0.3) is 0 Å². The maximum Gasteiger partial charge on any atom is 0.411 e. The third kappa shape index (κ3) is 5.31. The van der Waals surface area contributed by atoms with Crippen LogP contribution in [0.2, 0.25) is 0 Å². The van der Waals surface area contributed by atoms with E-state index >= 15 is 0 Å².